The summed E-state index contributed by atoms with van der Waals surface area (Å²) in [5, 5.41) is 16.2. The average Bonchev–Trinajstić information content (AvgIpc) is 3.29. The van der Waals surface area contributed by atoms with Crippen LogP contribution in [0.15, 0.2) is 6.33 Å². The van der Waals surface area contributed by atoms with Crippen molar-refractivity contribution in [2.45, 2.75) is 58.5 Å². The van der Waals surface area contributed by atoms with Crippen molar-refractivity contribution in [3.63, 3.8) is 0 Å². The monoisotopic (exact) mass is 332 g/mol. The van der Waals surface area contributed by atoms with Gasteiger partial charge in [0.2, 0.25) is 5.95 Å². The van der Waals surface area contributed by atoms with Crippen molar-refractivity contribution in [2.24, 2.45) is 5.92 Å². The molecule has 0 unspecified atom stereocenters. The minimum atomic E-state index is -0.0286. The highest BCUT2D eigenvalue weighted by Gasteiger charge is 2.22. The van der Waals surface area contributed by atoms with Crippen LogP contribution in [-0.2, 0) is 0 Å². The van der Waals surface area contributed by atoms with Gasteiger partial charge in [-0.1, -0.05) is 13.3 Å². The number of nitrogens with one attached hydrogen (secondary N) is 2. The molecule has 0 saturated heterocycles. The van der Waals surface area contributed by atoms with Crippen LogP contribution in [0.25, 0.3) is 11.2 Å². The maximum atomic E-state index is 9.54. The molecule has 0 aromatic carbocycles. The number of aliphatic hydroxyl groups excluding tert-OH is 1. The Labute approximate surface area is 142 Å². The normalized spacial score (nSPS) is 15.9. The lowest BCUT2D eigenvalue weighted by molar-refractivity contribution is 0.268. The van der Waals surface area contributed by atoms with Gasteiger partial charge < -0.3 is 20.3 Å². The molecule has 1 atom stereocenters. The van der Waals surface area contributed by atoms with Crippen molar-refractivity contribution in [3.05, 3.63) is 6.33 Å². The highest BCUT2D eigenvalue weighted by atomic mass is 16.3. The van der Waals surface area contributed by atoms with Crippen LogP contribution in [0, 0.1) is 5.92 Å². The third kappa shape index (κ3) is 3.77. The summed E-state index contributed by atoms with van der Waals surface area (Å²) in [7, 11) is 0. The van der Waals surface area contributed by atoms with E-state index < -0.39 is 0 Å². The number of aromatic nitrogens is 4. The summed E-state index contributed by atoms with van der Waals surface area (Å²) in [4.78, 5) is 13.8. The average molecular weight is 332 g/mol. The lowest BCUT2D eigenvalue weighted by Crippen LogP contribution is -2.25. The van der Waals surface area contributed by atoms with Crippen LogP contribution >= 0.6 is 0 Å². The Hall–Kier alpha value is -1.89. The van der Waals surface area contributed by atoms with Crippen LogP contribution in [0.1, 0.15) is 52.5 Å². The first-order valence-corrected chi connectivity index (χ1v) is 8.98. The SMILES string of the molecule is CCC[C@H](CO)Nc1nc(NCC2CC2)c2ncn(C(C)C)c2n1. The second-order valence-electron chi connectivity index (χ2n) is 6.95. The summed E-state index contributed by atoms with van der Waals surface area (Å²) in [6.45, 7) is 7.33. The largest absolute Gasteiger partial charge is 0.394 e. The minimum Gasteiger partial charge on any atom is -0.394 e. The molecular formula is C17H28N6O. The van der Waals surface area contributed by atoms with Crippen molar-refractivity contribution in [1.29, 1.82) is 0 Å². The Morgan fingerprint density at radius 3 is 2.75 bits per heavy atom. The third-order valence-corrected chi connectivity index (χ3v) is 4.42. The van der Waals surface area contributed by atoms with Gasteiger partial charge >= 0.3 is 0 Å². The van der Waals surface area contributed by atoms with E-state index in [2.05, 4.69) is 50.9 Å². The maximum Gasteiger partial charge on any atom is 0.227 e. The van der Waals surface area contributed by atoms with E-state index in [1.807, 2.05) is 6.33 Å². The molecule has 2 aromatic heterocycles. The first-order chi connectivity index (χ1) is 11.6. The Balaban J connectivity index is 1.93. The van der Waals surface area contributed by atoms with E-state index in [0.717, 1.165) is 42.3 Å². The van der Waals surface area contributed by atoms with Crippen LogP contribution in [0.2, 0.25) is 0 Å². The van der Waals surface area contributed by atoms with E-state index in [0.29, 0.717) is 5.95 Å². The van der Waals surface area contributed by atoms with Gasteiger partial charge in [0.15, 0.2) is 17.0 Å². The third-order valence-electron chi connectivity index (χ3n) is 4.42. The predicted octanol–water partition coefficient (Wildman–Crippen LogP) is 2.80. The summed E-state index contributed by atoms with van der Waals surface area (Å²) < 4.78 is 2.05. The molecule has 3 rings (SSSR count). The first kappa shape index (κ1) is 17.0. The first-order valence-electron chi connectivity index (χ1n) is 8.98. The van der Waals surface area contributed by atoms with Crippen LogP contribution in [0.5, 0.6) is 0 Å². The zero-order valence-electron chi connectivity index (χ0n) is 14.8. The molecule has 7 nitrogen and oxygen atoms in total. The molecule has 1 saturated carbocycles. The van der Waals surface area contributed by atoms with E-state index in [1.54, 1.807) is 0 Å². The van der Waals surface area contributed by atoms with Gasteiger partial charge in [0, 0.05) is 12.6 Å². The molecular weight excluding hydrogens is 304 g/mol. The molecule has 7 heteroatoms. The quantitative estimate of drug-likeness (QED) is 0.654. The number of fused-ring (bicyclic) bond motifs is 1. The number of anilines is 2. The number of nitrogens with zero attached hydrogens (tertiary/aromatic N) is 4. The summed E-state index contributed by atoms with van der Waals surface area (Å²) in [6, 6.07) is 0.248. The number of aliphatic hydroxyl groups is 1. The van der Waals surface area contributed by atoms with Crippen LogP contribution in [-0.4, -0.2) is 43.8 Å². The van der Waals surface area contributed by atoms with Gasteiger partial charge in [0.05, 0.1) is 19.0 Å². The van der Waals surface area contributed by atoms with E-state index in [9.17, 15) is 5.11 Å². The smallest absolute Gasteiger partial charge is 0.227 e. The molecule has 1 aliphatic rings. The summed E-state index contributed by atoms with van der Waals surface area (Å²) in [6.07, 6.45) is 6.28. The van der Waals surface area contributed by atoms with Gasteiger partial charge in [-0.3, -0.25) is 0 Å². The number of rotatable bonds is 9. The molecule has 0 spiro atoms. The highest BCUT2D eigenvalue weighted by molar-refractivity contribution is 5.84. The molecule has 2 heterocycles. The fraction of sp³-hybridized carbons (Fsp3) is 0.706. The number of hydrogen-bond acceptors (Lipinski definition) is 6. The molecule has 3 N–H and O–H groups in total. The van der Waals surface area contributed by atoms with E-state index in [4.69, 9.17) is 0 Å². The fourth-order valence-corrected chi connectivity index (χ4v) is 2.79. The van der Waals surface area contributed by atoms with Crippen molar-refractivity contribution >= 4 is 22.9 Å². The highest BCUT2D eigenvalue weighted by Crippen LogP contribution is 2.30. The van der Waals surface area contributed by atoms with Crippen LogP contribution in [0.3, 0.4) is 0 Å². The molecule has 0 aliphatic heterocycles. The fourth-order valence-electron chi connectivity index (χ4n) is 2.79. The van der Waals surface area contributed by atoms with Crippen LogP contribution < -0.4 is 10.6 Å². The minimum absolute atomic E-state index is 0.0286. The molecule has 132 valence electrons. The van der Waals surface area contributed by atoms with Crippen molar-refractivity contribution in [1.82, 2.24) is 19.5 Å². The van der Waals surface area contributed by atoms with Gasteiger partial charge in [0.25, 0.3) is 0 Å². The van der Waals surface area contributed by atoms with E-state index in [1.165, 1.54) is 12.8 Å². The lowest BCUT2D eigenvalue weighted by atomic mass is 10.2. The van der Waals surface area contributed by atoms with E-state index >= 15 is 0 Å². The lowest BCUT2D eigenvalue weighted by Gasteiger charge is -2.17. The number of imidazole rings is 1. The van der Waals surface area contributed by atoms with Crippen LogP contribution in [0.4, 0.5) is 11.8 Å². The van der Waals surface area contributed by atoms with Crippen molar-refractivity contribution in [3.8, 4) is 0 Å². The summed E-state index contributed by atoms with van der Waals surface area (Å²) >= 11 is 0. The van der Waals surface area contributed by atoms with Crippen molar-refractivity contribution in [2.75, 3.05) is 23.8 Å². The Morgan fingerprint density at radius 2 is 2.12 bits per heavy atom. The molecule has 24 heavy (non-hydrogen) atoms. The van der Waals surface area contributed by atoms with Gasteiger partial charge in [-0.05, 0) is 39.0 Å². The zero-order valence-corrected chi connectivity index (χ0v) is 14.8. The molecule has 0 bridgehead atoms. The molecule has 1 fully saturated rings. The standard InChI is InChI=1S/C17H28N6O/c1-4-5-13(9-24)20-17-21-15(18-8-12-6-7-12)14-16(22-17)23(10-19-14)11(2)3/h10-13,24H,4-9H2,1-3H3,(H2,18,20,21,22)/t13-/m1/s1. The van der Waals surface area contributed by atoms with E-state index in [-0.39, 0.29) is 18.7 Å². The van der Waals surface area contributed by atoms with Gasteiger partial charge in [-0.2, -0.15) is 9.97 Å². The number of hydrogen-bond donors (Lipinski definition) is 3. The molecule has 0 radical (unpaired) electrons. The maximum absolute atomic E-state index is 9.54. The summed E-state index contributed by atoms with van der Waals surface area (Å²) in [5.41, 5.74) is 1.64. The second kappa shape index (κ2) is 7.34. The Morgan fingerprint density at radius 1 is 1.33 bits per heavy atom. The van der Waals surface area contributed by atoms with Gasteiger partial charge in [0.1, 0.15) is 0 Å². The molecule has 2 aromatic rings. The Bertz CT molecular complexity index is 679. The van der Waals surface area contributed by atoms with Gasteiger partial charge in [-0.15, -0.1) is 0 Å². The summed E-state index contributed by atoms with van der Waals surface area (Å²) in [5.74, 6) is 2.08. The second-order valence-corrected chi connectivity index (χ2v) is 6.95. The molecule has 1 aliphatic carbocycles. The topological polar surface area (TPSA) is 87.9 Å². The van der Waals surface area contributed by atoms with Gasteiger partial charge in [-0.25, -0.2) is 4.98 Å². The Kier molecular flexibility index (Phi) is 5.18. The predicted molar refractivity (Wildman–Crippen MR) is 96.3 cm³/mol. The molecule has 0 amide bonds. The zero-order chi connectivity index (χ0) is 17.1. The van der Waals surface area contributed by atoms with Crippen molar-refractivity contribution < 1.29 is 5.11 Å².